The van der Waals surface area contributed by atoms with Gasteiger partial charge in [-0.15, -0.1) is 0 Å². The van der Waals surface area contributed by atoms with Crippen LogP contribution in [0, 0.1) is 0 Å². The molecule has 0 atom stereocenters. The molecule has 0 spiro atoms. The predicted octanol–water partition coefficient (Wildman–Crippen LogP) is 0.848. The minimum Gasteiger partial charge on any atom is -1.00 e. The molecule has 21 heavy (non-hydrogen) atoms. The van der Waals surface area contributed by atoms with Crippen LogP contribution in [0.4, 0.5) is 0 Å². The molecule has 0 bridgehead atoms. The Morgan fingerprint density at radius 1 is 0.905 bits per heavy atom. The van der Waals surface area contributed by atoms with Crippen molar-refractivity contribution in [3.63, 3.8) is 0 Å². The van der Waals surface area contributed by atoms with Gasteiger partial charge in [0.05, 0.1) is 6.61 Å². The molecule has 0 unspecified atom stereocenters. The molecule has 0 aliphatic heterocycles. The molecule has 122 valence electrons. The molecule has 0 fully saturated rings. The fraction of sp³-hybridized carbons (Fsp3) is 0.929. The third kappa shape index (κ3) is 18.3. The van der Waals surface area contributed by atoms with Crippen LogP contribution >= 0.6 is 0 Å². The Hall–Kier alpha value is 0.380. The first-order valence-corrected chi connectivity index (χ1v) is 8.90. The van der Waals surface area contributed by atoms with Crippen molar-refractivity contribution < 1.29 is 52.6 Å². The summed E-state index contributed by atoms with van der Waals surface area (Å²) < 4.78 is 30.7. The predicted molar refractivity (Wildman–Crippen MR) is 79.6 cm³/mol. The van der Waals surface area contributed by atoms with Crippen molar-refractivity contribution in [2.24, 2.45) is 0 Å². The van der Waals surface area contributed by atoms with Crippen molar-refractivity contribution in [3.8, 4) is 0 Å². The minimum absolute atomic E-state index is 0. The standard InChI is InChI=1S/C14H28O5S.Na.H/c1-3-4-5-6-7-8-9-10-11-12-13-18-20(16,17)19-14(2)15;;/h3-13H2,1-2H3;;/q;+1;-1. The van der Waals surface area contributed by atoms with Crippen LogP contribution in [-0.2, 0) is 23.6 Å². The fourth-order valence-electron chi connectivity index (χ4n) is 1.92. The van der Waals surface area contributed by atoms with E-state index in [1.165, 1.54) is 44.9 Å². The second kappa shape index (κ2) is 15.3. The molecule has 0 aliphatic rings. The molecule has 0 aromatic heterocycles. The molecule has 0 saturated carbocycles. The molecule has 0 aromatic carbocycles. The zero-order chi connectivity index (χ0) is 15.3. The first-order chi connectivity index (χ1) is 9.48. The van der Waals surface area contributed by atoms with Gasteiger partial charge in [0.25, 0.3) is 0 Å². The van der Waals surface area contributed by atoms with E-state index in [2.05, 4.69) is 15.3 Å². The van der Waals surface area contributed by atoms with Gasteiger partial charge in [-0.05, 0) is 6.42 Å². The fourth-order valence-corrected chi connectivity index (χ4v) is 2.58. The normalized spacial score (nSPS) is 11.0. The Balaban J connectivity index is -0.00000180. The topological polar surface area (TPSA) is 69.7 Å². The third-order valence-corrected chi connectivity index (χ3v) is 3.84. The summed E-state index contributed by atoms with van der Waals surface area (Å²) >= 11 is 0. The molecule has 0 rings (SSSR count). The summed E-state index contributed by atoms with van der Waals surface area (Å²) in [6, 6.07) is 0. The first kappa shape index (κ1) is 23.6. The SMILES string of the molecule is CCCCCCCCCCCCOS(=O)(=O)OC(C)=O.[H-].[Na+]. The van der Waals surface area contributed by atoms with Crippen LogP contribution < -0.4 is 29.6 Å². The second-order valence-corrected chi connectivity index (χ2v) is 6.21. The van der Waals surface area contributed by atoms with Crippen LogP contribution in [0.3, 0.4) is 0 Å². The summed E-state index contributed by atoms with van der Waals surface area (Å²) in [6.45, 7) is 3.32. The maximum atomic E-state index is 11.0. The summed E-state index contributed by atoms with van der Waals surface area (Å²) in [7, 11) is -4.14. The van der Waals surface area contributed by atoms with E-state index < -0.39 is 16.4 Å². The van der Waals surface area contributed by atoms with Gasteiger partial charge in [0.1, 0.15) is 0 Å². The maximum Gasteiger partial charge on any atom is 1.00 e. The van der Waals surface area contributed by atoms with Crippen molar-refractivity contribution in [3.05, 3.63) is 0 Å². The Morgan fingerprint density at radius 2 is 1.33 bits per heavy atom. The van der Waals surface area contributed by atoms with Crippen LogP contribution in [0.2, 0.25) is 0 Å². The van der Waals surface area contributed by atoms with Gasteiger partial charge in [-0.2, -0.15) is 8.42 Å². The first-order valence-electron chi connectivity index (χ1n) is 7.57. The van der Waals surface area contributed by atoms with E-state index >= 15 is 0 Å². The number of hydrogen-bond acceptors (Lipinski definition) is 5. The van der Waals surface area contributed by atoms with Gasteiger partial charge in [-0.1, -0.05) is 64.7 Å². The second-order valence-electron chi connectivity index (χ2n) is 4.99. The van der Waals surface area contributed by atoms with Gasteiger partial charge in [-0.3, -0.25) is 4.79 Å². The summed E-state index contributed by atoms with van der Waals surface area (Å²) in [5.41, 5.74) is 0. The van der Waals surface area contributed by atoms with Gasteiger partial charge in [0.2, 0.25) is 0 Å². The smallest absolute Gasteiger partial charge is 1.00 e. The molecule has 5 nitrogen and oxygen atoms in total. The van der Waals surface area contributed by atoms with E-state index in [9.17, 15) is 13.2 Å². The number of hydrogen-bond donors (Lipinski definition) is 0. The van der Waals surface area contributed by atoms with Gasteiger partial charge in [0.15, 0.2) is 0 Å². The van der Waals surface area contributed by atoms with E-state index in [-0.39, 0.29) is 37.6 Å². The quantitative estimate of drug-likeness (QED) is 0.369. The van der Waals surface area contributed by atoms with E-state index in [4.69, 9.17) is 0 Å². The van der Waals surface area contributed by atoms with Crippen molar-refractivity contribution in [2.45, 2.75) is 78.1 Å². The van der Waals surface area contributed by atoms with Crippen molar-refractivity contribution in [2.75, 3.05) is 6.61 Å². The minimum atomic E-state index is -4.14. The molecular formula is C14H29NaO5S. The summed E-state index contributed by atoms with van der Waals surface area (Å²) in [5.74, 6) is -0.881. The maximum absolute atomic E-state index is 11.0. The largest absolute Gasteiger partial charge is 1.00 e. The summed E-state index contributed by atoms with van der Waals surface area (Å²) in [6.07, 6.45) is 11.7. The molecule has 7 heteroatoms. The molecule has 0 heterocycles. The number of carbonyl (C=O) groups is 1. The van der Waals surface area contributed by atoms with Crippen LogP contribution in [0.15, 0.2) is 0 Å². The van der Waals surface area contributed by atoms with Crippen LogP contribution in [0.5, 0.6) is 0 Å². The Labute approximate surface area is 153 Å². The van der Waals surface area contributed by atoms with Gasteiger partial charge in [0, 0.05) is 6.92 Å². The average Bonchev–Trinajstić information content (AvgIpc) is 2.34. The Morgan fingerprint density at radius 3 is 1.76 bits per heavy atom. The van der Waals surface area contributed by atoms with E-state index in [1.807, 2.05) is 0 Å². The van der Waals surface area contributed by atoms with E-state index in [1.54, 1.807) is 0 Å². The molecule has 0 aliphatic carbocycles. The molecule has 0 aromatic rings. The zero-order valence-corrected chi connectivity index (χ0v) is 16.5. The monoisotopic (exact) mass is 332 g/mol. The number of rotatable bonds is 13. The van der Waals surface area contributed by atoms with Crippen molar-refractivity contribution in [1.29, 1.82) is 0 Å². The van der Waals surface area contributed by atoms with Gasteiger partial charge in [-0.25, -0.2) is 4.18 Å². The van der Waals surface area contributed by atoms with Crippen LogP contribution in [0.1, 0.15) is 79.5 Å². The Bertz CT molecular complexity index is 349. The molecule has 0 radical (unpaired) electrons. The zero-order valence-electron chi connectivity index (χ0n) is 14.7. The summed E-state index contributed by atoms with van der Waals surface area (Å²) in [5, 5.41) is 0. The van der Waals surface area contributed by atoms with Crippen LogP contribution in [-0.4, -0.2) is 21.0 Å². The molecule has 0 amide bonds. The third-order valence-electron chi connectivity index (χ3n) is 2.94. The van der Waals surface area contributed by atoms with E-state index in [0.717, 1.165) is 19.8 Å². The average molecular weight is 332 g/mol. The summed E-state index contributed by atoms with van der Waals surface area (Å²) in [4.78, 5) is 10.5. The van der Waals surface area contributed by atoms with Gasteiger partial charge >= 0.3 is 45.9 Å². The molecule has 0 N–H and O–H groups in total. The number of carbonyl (C=O) groups excluding carboxylic acids is 1. The Kier molecular flexibility index (Phi) is 17.2. The molecule has 0 saturated heterocycles. The van der Waals surface area contributed by atoms with Crippen LogP contribution in [0.25, 0.3) is 0 Å². The van der Waals surface area contributed by atoms with Gasteiger partial charge < -0.3 is 5.61 Å². The van der Waals surface area contributed by atoms with E-state index in [0.29, 0.717) is 6.42 Å². The van der Waals surface area contributed by atoms with Crippen molar-refractivity contribution >= 4 is 16.4 Å². The number of unbranched alkanes of at least 4 members (excludes halogenated alkanes) is 9. The van der Waals surface area contributed by atoms with Crippen molar-refractivity contribution in [1.82, 2.24) is 0 Å². The molecular weight excluding hydrogens is 303 g/mol.